The minimum atomic E-state index is -0.476. The fourth-order valence-electron chi connectivity index (χ4n) is 3.45. The van der Waals surface area contributed by atoms with E-state index >= 15 is 0 Å². The molecule has 0 radical (unpaired) electrons. The maximum absolute atomic E-state index is 12.3. The molecule has 2 heterocycles. The zero-order chi connectivity index (χ0) is 18.9. The number of carbonyl (C=O) groups is 1. The lowest BCUT2D eigenvalue weighted by Gasteiger charge is -2.35. The molecule has 1 aromatic carbocycles. The summed E-state index contributed by atoms with van der Waals surface area (Å²) >= 11 is 0. The first-order valence-electron chi connectivity index (χ1n) is 9.21. The predicted octanol–water partition coefficient (Wildman–Crippen LogP) is 3.67. The minimum Gasteiger partial charge on any atom is -0.444 e. The second-order valence-corrected chi connectivity index (χ2v) is 8.06. The Morgan fingerprint density at radius 3 is 2.58 bits per heavy atom. The number of para-hydroxylation sites is 1. The zero-order valence-corrected chi connectivity index (χ0v) is 15.9. The van der Waals surface area contributed by atoms with E-state index in [0.717, 1.165) is 24.2 Å². The molecule has 140 valence electrons. The average molecular weight is 357 g/mol. The molecule has 6 heteroatoms. The molecule has 0 aliphatic carbocycles. The summed E-state index contributed by atoms with van der Waals surface area (Å²) in [4.78, 5) is 33.9. The van der Waals surface area contributed by atoms with Crippen LogP contribution < -0.4 is 5.56 Å². The van der Waals surface area contributed by atoms with Crippen LogP contribution in [0.1, 0.15) is 52.3 Å². The van der Waals surface area contributed by atoms with Gasteiger partial charge in [0.1, 0.15) is 11.4 Å². The molecule has 26 heavy (non-hydrogen) atoms. The van der Waals surface area contributed by atoms with E-state index in [0.29, 0.717) is 24.4 Å². The first-order chi connectivity index (χ1) is 12.2. The number of nitrogens with zero attached hydrogens (tertiary/aromatic N) is 2. The molecule has 0 bridgehead atoms. The molecule has 0 saturated carbocycles. The third-order valence-corrected chi connectivity index (χ3v) is 4.96. The van der Waals surface area contributed by atoms with Crippen LogP contribution in [0, 0.1) is 5.92 Å². The lowest BCUT2D eigenvalue weighted by molar-refractivity contribution is 0.0175. The number of likely N-dealkylation sites (tertiary alicyclic amines) is 1. The fourth-order valence-corrected chi connectivity index (χ4v) is 3.45. The molecule has 1 N–H and O–H groups in total. The highest BCUT2D eigenvalue weighted by molar-refractivity contribution is 5.77. The van der Waals surface area contributed by atoms with Crippen molar-refractivity contribution in [1.29, 1.82) is 0 Å². The molecule has 0 unspecified atom stereocenters. The van der Waals surface area contributed by atoms with Gasteiger partial charge >= 0.3 is 6.09 Å². The molecule has 1 atom stereocenters. The van der Waals surface area contributed by atoms with Crippen LogP contribution >= 0.6 is 0 Å². The Labute approximate surface area is 153 Å². The average Bonchev–Trinajstić information content (AvgIpc) is 2.60. The summed E-state index contributed by atoms with van der Waals surface area (Å²) < 4.78 is 5.45. The number of ether oxygens (including phenoxy) is 1. The van der Waals surface area contributed by atoms with Gasteiger partial charge in [-0.2, -0.15) is 0 Å². The van der Waals surface area contributed by atoms with Gasteiger partial charge in [-0.1, -0.05) is 19.1 Å². The number of hydrogen-bond donors (Lipinski definition) is 1. The molecule has 0 spiro atoms. The van der Waals surface area contributed by atoms with Gasteiger partial charge in [-0.3, -0.25) is 4.79 Å². The number of amides is 1. The smallest absolute Gasteiger partial charge is 0.410 e. The summed E-state index contributed by atoms with van der Waals surface area (Å²) in [6.07, 6.45) is 1.49. The summed E-state index contributed by atoms with van der Waals surface area (Å²) in [5.41, 5.74) is 0.156. The van der Waals surface area contributed by atoms with Crippen LogP contribution in [0.15, 0.2) is 29.1 Å². The van der Waals surface area contributed by atoms with Crippen molar-refractivity contribution >= 4 is 17.0 Å². The molecule has 1 aromatic heterocycles. The van der Waals surface area contributed by atoms with Gasteiger partial charge in [-0.15, -0.1) is 0 Å². The van der Waals surface area contributed by atoms with Gasteiger partial charge in [0.2, 0.25) is 0 Å². The first kappa shape index (κ1) is 18.4. The lowest BCUT2D eigenvalue weighted by Crippen LogP contribution is -2.42. The Bertz CT molecular complexity index is 845. The van der Waals surface area contributed by atoms with Crippen molar-refractivity contribution < 1.29 is 9.53 Å². The number of H-pyrrole nitrogens is 1. The molecule has 3 rings (SSSR count). The SMILES string of the molecule is C[C@@H](c1nc2ccccc2c(=O)[nH]1)C1CCN(C(=O)OC(C)(C)C)CC1. The first-order valence-corrected chi connectivity index (χ1v) is 9.21. The molecule has 2 aromatic rings. The van der Waals surface area contributed by atoms with E-state index in [1.165, 1.54) is 0 Å². The van der Waals surface area contributed by atoms with Crippen LogP contribution in [0.25, 0.3) is 10.9 Å². The van der Waals surface area contributed by atoms with E-state index in [9.17, 15) is 9.59 Å². The number of carbonyl (C=O) groups excluding carboxylic acids is 1. The van der Waals surface area contributed by atoms with Crippen molar-refractivity contribution in [3.8, 4) is 0 Å². The normalized spacial score (nSPS) is 17.3. The number of aromatic amines is 1. The zero-order valence-electron chi connectivity index (χ0n) is 15.9. The van der Waals surface area contributed by atoms with E-state index in [1.807, 2.05) is 39.0 Å². The summed E-state index contributed by atoms with van der Waals surface area (Å²) in [6.45, 7) is 9.06. The summed E-state index contributed by atoms with van der Waals surface area (Å²) in [5.74, 6) is 1.23. The van der Waals surface area contributed by atoms with Crippen molar-refractivity contribution in [2.75, 3.05) is 13.1 Å². The molecule has 1 aliphatic heterocycles. The highest BCUT2D eigenvalue weighted by atomic mass is 16.6. The quantitative estimate of drug-likeness (QED) is 0.890. The monoisotopic (exact) mass is 357 g/mol. The molecule has 1 saturated heterocycles. The molecule has 6 nitrogen and oxygen atoms in total. The molecular weight excluding hydrogens is 330 g/mol. The summed E-state index contributed by atoms with van der Waals surface area (Å²) in [6, 6.07) is 7.39. The van der Waals surface area contributed by atoms with Gasteiger partial charge in [0.05, 0.1) is 10.9 Å². The summed E-state index contributed by atoms with van der Waals surface area (Å²) in [5, 5.41) is 0.614. The van der Waals surface area contributed by atoms with Gasteiger partial charge in [0, 0.05) is 19.0 Å². The van der Waals surface area contributed by atoms with Crippen molar-refractivity contribution in [3.05, 3.63) is 40.4 Å². The topological polar surface area (TPSA) is 75.3 Å². The standard InChI is InChI=1S/C20H27N3O3/c1-13(17-21-16-8-6-5-7-15(16)18(24)22-17)14-9-11-23(12-10-14)19(25)26-20(2,3)4/h5-8,13-14H,9-12H2,1-4H3,(H,21,22,24)/t13-/m1/s1. The van der Waals surface area contributed by atoms with Crippen molar-refractivity contribution in [2.24, 2.45) is 5.92 Å². The van der Waals surface area contributed by atoms with Gasteiger partial charge in [0.25, 0.3) is 5.56 Å². The Morgan fingerprint density at radius 2 is 1.92 bits per heavy atom. The van der Waals surface area contributed by atoms with E-state index in [4.69, 9.17) is 4.74 Å². The van der Waals surface area contributed by atoms with Crippen LogP contribution in [-0.4, -0.2) is 39.7 Å². The van der Waals surface area contributed by atoms with Crippen LogP contribution in [0.5, 0.6) is 0 Å². The Kier molecular flexibility index (Phi) is 5.03. The third kappa shape index (κ3) is 4.06. The van der Waals surface area contributed by atoms with E-state index in [1.54, 1.807) is 11.0 Å². The molecule has 1 aliphatic rings. The highest BCUT2D eigenvalue weighted by Crippen LogP contribution is 2.31. The Morgan fingerprint density at radius 1 is 1.27 bits per heavy atom. The highest BCUT2D eigenvalue weighted by Gasteiger charge is 2.30. The summed E-state index contributed by atoms with van der Waals surface area (Å²) in [7, 11) is 0. The third-order valence-electron chi connectivity index (χ3n) is 4.96. The molecule has 1 amide bonds. The molecular formula is C20H27N3O3. The number of aromatic nitrogens is 2. The van der Waals surface area contributed by atoms with Crippen molar-refractivity contribution in [3.63, 3.8) is 0 Å². The maximum atomic E-state index is 12.3. The van der Waals surface area contributed by atoms with Crippen LogP contribution in [0.4, 0.5) is 4.79 Å². The van der Waals surface area contributed by atoms with Crippen LogP contribution in [0.3, 0.4) is 0 Å². The second kappa shape index (κ2) is 7.09. The van der Waals surface area contributed by atoms with Gasteiger partial charge < -0.3 is 14.6 Å². The second-order valence-electron chi connectivity index (χ2n) is 8.06. The number of nitrogens with one attached hydrogen (secondary N) is 1. The lowest BCUT2D eigenvalue weighted by atomic mass is 9.85. The molecule has 1 fully saturated rings. The van der Waals surface area contributed by atoms with Gasteiger partial charge in [0.15, 0.2) is 0 Å². The minimum absolute atomic E-state index is 0.0939. The van der Waals surface area contributed by atoms with Crippen molar-refractivity contribution in [2.45, 2.75) is 52.1 Å². The number of rotatable bonds is 2. The van der Waals surface area contributed by atoms with E-state index < -0.39 is 5.60 Å². The number of piperidine rings is 1. The van der Waals surface area contributed by atoms with E-state index in [-0.39, 0.29) is 17.6 Å². The van der Waals surface area contributed by atoms with Gasteiger partial charge in [-0.05, 0) is 51.7 Å². The number of benzene rings is 1. The Balaban J connectivity index is 1.68. The largest absolute Gasteiger partial charge is 0.444 e. The number of fused-ring (bicyclic) bond motifs is 1. The van der Waals surface area contributed by atoms with E-state index in [2.05, 4.69) is 16.9 Å². The fraction of sp³-hybridized carbons (Fsp3) is 0.550. The Hall–Kier alpha value is -2.37. The maximum Gasteiger partial charge on any atom is 0.410 e. The van der Waals surface area contributed by atoms with Gasteiger partial charge in [-0.25, -0.2) is 9.78 Å². The van der Waals surface area contributed by atoms with Crippen molar-refractivity contribution in [1.82, 2.24) is 14.9 Å². The predicted molar refractivity (Wildman–Crippen MR) is 101 cm³/mol. The van der Waals surface area contributed by atoms with Crippen LogP contribution in [-0.2, 0) is 4.74 Å². The van der Waals surface area contributed by atoms with Crippen LogP contribution in [0.2, 0.25) is 0 Å². The number of hydrogen-bond acceptors (Lipinski definition) is 4.